The zero-order valence-electron chi connectivity index (χ0n) is 18.7. The Morgan fingerprint density at radius 3 is 2.54 bits per heavy atom. The Kier molecular flexibility index (Phi) is 6.33. The summed E-state index contributed by atoms with van der Waals surface area (Å²) in [6.07, 6.45) is 1.58. The van der Waals surface area contributed by atoms with Gasteiger partial charge in [0.25, 0.3) is 5.91 Å². The molecule has 10 heteroatoms. The van der Waals surface area contributed by atoms with Crippen molar-refractivity contribution < 1.29 is 13.9 Å². The van der Waals surface area contributed by atoms with E-state index < -0.39 is 0 Å². The second kappa shape index (κ2) is 9.71. The van der Waals surface area contributed by atoms with Gasteiger partial charge in [0.05, 0.1) is 17.4 Å². The number of rotatable bonds is 5. The topological polar surface area (TPSA) is 97.5 Å². The Morgan fingerprint density at radius 2 is 1.80 bits per heavy atom. The third-order valence-corrected chi connectivity index (χ3v) is 6.09. The summed E-state index contributed by atoms with van der Waals surface area (Å²) in [5, 5.41) is 1.33. The maximum Gasteiger partial charge on any atom is 0.260 e. The molecule has 2 aromatic heterocycles. The Labute approximate surface area is 206 Å². The predicted molar refractivity (Wildman–Crippen MR) is 133 cm³/mol. The van der Waals surface area contributed by atoms with Crippen LogP contribution >= 0.6 is 11.6 Å². The van der Waals surface area contributed by atoms with E-state index in [0.717, 1.165) is 5.39 Å². The molecule has 35 heavy (non-hydrogen) atoms. The molecule has 8 nitrogen and oxygen atoms in total. The number of carbonyl (C=O) groups excluding carboxylic acids is 1. The highest BCUT2D eigenvalue weighted by Gasteiger charge is 2.24. The fraction of sp³-hybridized carbons (Fsp3) is 0.200. The molecule has 5 rings (SSSR count). The number of anilines is 2. The van der Waals surface area contributed by atoms with Gasteiger partial charge in [-0.05, 0) is 42.5 Å². The molecule has 178 valence electrons. The van der Waals surface area contributed by atoms with Gasteiger partial charge in [0.15, 0.2) is 6.61 Å². The molecular formula is C25H22ClFN6O2. The van der Waals surface area contributed by atoms with Crippen molar-refractivity contribution in [2.24, 2.45) is 0 Å². The molecule has 1 saturated heterocycles. The van der Waals surface area contributed by atoms with E-state index in [1.807, 2.05) is 0 Å². The number of nitrogen functional groups attached to an aromatic ring is 1. The molecular weight excluding hydrogens is 471 g/mol. The molecule has 0 unspecified atom stereocenters. The number of hydrogen-bond acceptors (Lipinski definition) is 7. The van der Waals surface area contributed by atoms with Crippen molar-refractivity contribution in [1.82, 2.24) is 19.9 Å². The number of ether oxygens (including phenoxy) is 1. The SMILES string of the molecule is Nc1nc(N2CCN(C(=O)COc3ccc(Cl)cc3)CC2)c2cc(-c3ccccc3F)ncc2n1. The Hall–Kier alpha value is -3.98. The maximum absolute atomic E-state index is 14.3. The molecule has 1 amide bonds. The van der Waals surface area contributed by atoms with Crippen LogP contribution in [0.25, 0.3) is 22.2 Å². The van der Waals surface area contributed by atoms with Crippen LogP contribution in [0, 0.1) is 5.82 Å². The van der Waals surface area contributed by atoms with Gasteiger partial charge in [-0.3, -0.25) is 9.78 Å². The van der Waals surface area contributed by atoms with Crippen molar-refractivity contribution in [2.45, 2.75) is 0 Å². The second-order valence-corrected chi connectivity index (χ2v) is 8.52. The number of fused-ring (bicyclic) bond motifs is 1. The third kappa shape index (κ3) is 4.95. The van der Waals surface area contributed by atoms with E-state index in [-0.39, 0.29) is 24.3 Å². The molecule has 0 spiro atoms. The highest BCUT2D eigenvalue weighted by Crippen LogP contribution is 2.30. The number of pyridine rings is 1. The minimum Gasteiger partial charge on any atom is -0.484 e. The number of piperazine rings is 1. The summed E-state index contributed by atoms with van der Waals surface area (Å²) >= 11 is 5.88. The van der Waals surface area contributed by atoms with Crippen molar-refractivity contribution in [2.75, 3.05) is 43.4 Å². The molecule has 0 radical (unpaired) electrons. The van der Waals surface area contributed by atoms with Crippen LogP contribution in [0.5, 0.6) is 5.75 Å². The fourth-order valence-corrected chi connectivity index (χ4v) is 4.15. The second-order valence-electron chi connectivity index (χ2n) is 8.08. The summed E-state index contributed by atoms with van der Waals surface area (Å²) in [7, 11) is 0. The smallest absolute Gasteiger partial charge is 0.260 e. The standard InChI is InChI=1S/C25H22ClFN6O2/c26-16-5-7-17(8-6-16)35-15-23(34)32-9-11-33(12-10-32)24-19-13-21(18-3-1-2-4-20(18)27)29-14-22(19)30-25(28)31-24/h1-8,13-14H,9-12,15H2,(H2,28,30,31). The molecule has 4 aromatic rings. The fourth-order valence-electron chi connectivity index (χ4n) is 4.03. The van der Waals surface area contributed by atoms with Crippen LogP contribution in [0.1, 0.15) is 0 Å². The molecule has 0 atom stereocenters. The van der Waals surface area contributed by atoms with Crippen molar-refractivity contribution in [1.29, 1.82) is 0 Å². The van der Waals surface area contributed by atoms with Gasteiger partial charge in [0.1, 0.15) is 17.4 Å². The first-order valence-corrected chi connectivity index (χ1v) is 11.4. The predicted octanol–water partition coefficient (Wildman–Crippen LogP) is 3.79. The molecule has 2 N–H and O–H groups in total. The first kappa shape index (κ1) is 22.8. The lowest BCUT2D eigenvalue weighted by Gasteiger charge is -2.35. The van der Waals surface area contributed by atoms with Crippen LogP contribution in [0.3, 0.4) is 0 Å². The van der Waals surface area contributed by atoms with Crippen LogP contribution in [0.15, 0.2) is 60.8 Å². The van der Waals surface area contributed by atoms with Crippen LogP contribution < -0.4 is 15.4 Å². The van der Waals surface area contributed by atoms with E-state index in [0.29, 0.717) is 59.5 Å². The van der Waals surface area contributed by atoms with E-state index >= 15 is 0 Å². The van der Waals surface area contributed by atoms with E-state index in [4.69, 9.17) is 22.1 Å². The minimum absolute atomic E-state index is 0.0529. The molecule has 0 aliphatic carbocycles. The summed E-state index contributed by atoms with van der Waals surface area (Å²) in [5.41, 5.74) is 7.41. The summed E-state index contributed by atoms with van der Waals surface area (Å²) in [4.78, 5) is 29.6. The number of amides is 1. The monoisotopic (exact) mass is 492 g/mol. The lowest BCUT2D eigenvalue weighted by atomic mass is 10.1. The highest BCUT2D eigenvalue weighted by molar-refractivity contribution is 6.30. The molecule has 0 bridgehead atoms. The van der Waals surface area contributed by atoms with Gasteiger partial charge in [0, 0.05) is 42.2 Å². The normalized spacial score (nSPS) is 13.8. The molecule has 1 fully saturated rings. The zero-order chi connectivity index (χ0) is 24.4. The number of benzene rings is 2. The highest BCUT2D eigenvalue weighted by atomic mass is 35.5. The molecule has 3 heterocycles. The minimum atomic E-state index is -0.356. The van der Waals surface area contributed by atoms with E-state index in [1.165, 1.54) is 6.07 Å². The van der Waals surface area contributed by atoms with Crippen molar-refractivity contribution in [3.63, 3.8) is 0 Å². The molecule has 0 saturated carbocycles. The number of carbonyl (C=O) groups is 1. The van der Waals surface area contributed by atoms with Crippen LogP contribution in [0.2, 0.25) is 5.02 Å². The van der Waals surface area contributed by atoms with Gasteiger partial charge in [-0.2, -0.15) is 4.98 Å². The van der Waals surface area contributed by atoms with Crippen molar-refractivity contribution in [3.05, 3.63) is 71.6 Å². The number of aromatic nitrogens is 3. The number of nitrogens with two attached hydrogens (primary N) is 1. The first-order valence-electron chi connectivity index (χ1n) is 11.1. The Morgan fingerprint density at radius 1 is 1.06 bits per heavy atom. The Bertz CT molecular complexity index is 1380. The van der Waals surface area contributed by atoms with Crippen LogP contribution in [0.4, 0.5) is 16.2 Å². The molecule has 2 aromatic carbocycles. The third-order valence-electron chi connectivity index (χ3n) is 5.84. The summed E-state index contributed by atoms with van der Waals surface area (Å²) < 4.78 is 19.9. The number of hydrogen-bond donors (Lipinski definition) is 1. The van der Waals surface area contributed by atoms with Gasteiger partial charge in [-0.1, -0.05) is 23.7 Å². The van der Waals surface area contributed by atoms with Gasteiger partial charge < -0.3 is 20.3 Å². The zero-order valence-corrected chi connectivity index (χ0v) is 19.5. The summed E-state index contributed by atoms with van der Waals surface area (Å²) in [6.45, 7) is 2.05. The Balaban J connectivity index is 1.31. The van der Waals surface area contributed by atoms with Gasteiger partial charge in [-0.25, -0.2) is 9.37 Å². The summed E-state index contributed by atoms with van der Waals surface area (Å²) in [5.74, 6) is 0.895. The van der Waals surface area contributed by atoms with Crippen molar-refractivity contribution in [3.8, 4) is 17.0 Å². The van der Waals surface area contributed by atoms with Crippen LogP contribution in [-0.2, 0) is 4.79 Å². The van der Waals surface area contributed by atoms with Crippen molar-refractivity contribution >= 4 is 40.2 Å². The number of nitrogens with zero attached hydrogens (tertiary/aromatic N) is 5. The summed E-state index contributed by atoms with van der Waals surface area (Å²) in [6, 6.07) is 15.1. The largest absolute Gasteiger partial charge is 0.484 e. The van der Waals surface area contributed by atoms with E-state index in [1.54, 1.807) is 59.6 Å². The number of halogens is 2. The quantitative estimate of drug-likeness (QED) is 0.452. The van der Waals surface area contributed by atoms with E-state index in [2.05, 4.69) is 19.9 Å². The van der Waals surface area contributed by atoms with E-state index in [9.17, 15) is 9.18 Å². The maximum atomic E-state index is 14.3. The molecule has 1 aliphatic heterocycles. The van der Waals surface area contributed by atoms with Gasteiger partial charge in [0.2, 0.25) is 5.95 Å². The lowest BCUT2D eigenvalue weighted by Crippen LogP contribution is -2.50. The van der Waals surface area contributed by atoms with Gasteiger partial charge in [-0.15, -0.1) is 0 Å². The van der Waals surface area contributed by atoms with Gasteiger partial charge >= 0.3 is 0 Å². The average Bonchev–Trinajstić information content (AvgIpc) is 2.88. The lowest BCUT2D eigenvalue weighted by molar-refractivity contribution is -0.133. The average molecular weight is 493 g/mol. The first-order chi connectivity index (χ1) is 17.0. The van der Waals surface area contributed by atoms with Crippen LogP contribution in [-0.4, -0.2) is 58.5 Å². The molecule has 1 aliphatic rings.